The van der Waals surface area contributed by atoms with Gasteiger partial charge >= 0.3 is 12.2 Å². The van der Waals surface area contributed by atoms with Crippen molar-refractivity contribution in [3.05, 3.63) is 66.1 Å². The molecule has 0 saturated carbocycles. The van der Waals surface area contributed by atoms with Crippen LogP contribution in [-0.4, -0.2) is 58.1 Å². The standard InChI is InChI=1S/C34H40FN7O7S/c1-19(2)50(45,46)23-13-11-20(12-14-23)26-18-38-29(42(31(43)47-33(3,4)5)32(44)48-34(6,7)8)28(40-26)27-16-25(41-49-27)21-9-10-22(24(35)15-21)17-39-30(36)37/h9-16,18-19H,17H2,1-8H3,(H4,36,37,39). The highest BCUT2D eigenvalue weighted by Gasteiger charge is 2.37. The lowest BCUT2D eigenvalue weighted by atomic mass is 10.1. The van der Waals surface area contributed by atoms with E-state index in [4.69, 9.17) is 25.5 Å². The molecule has 0 unspecified atom stereocenters. The predicted molar refractivity (Wildman–Crippen MR) is 185 cm³/mol. The average Bonchev–Trinajstić information content (AvgIpc) is 3.49. The molecule has 266 valence electrons. The maximum absolute atomic E-state index is 14.9. The molecule has 0 aliphatic rings. The molecule has 50 heavy (non-hydrogen) atoms. The van der Waals surface area contributed by atoms with E-state index in [0.29, 0.717) is 16.0 Å². The first-order valence-electron chi connectivity index (χ1n) is 15.4. The van der Waals surface area contributed by atoms with Gasteiger partial charge in [0.15, 0.2) is 33.1 Å². The summed E-state index contributed by atoms with van der Waals surface area (Å²) in [6.45, 7) is 12.9. The number of carbonyl (C=O) groups is 2. The molecule has 4 aromatic rings. The summed E-state index contributed by atoms with van der Waals surface area (Å²) in [5, 5.41) is 3.45. The molecule has 0 bridgehead atoms. The van der Waals surface area contributed by atoms with Gasteiger partial charge in [0.1, 0.15) is 22.7 Å². The van der Waals surface area contributed by atoms with Crippen molar-refractivity contribution in [3.8, 4) is 34.0 Å². The van der Waals surface area contributed by atoms with Crippen molar-refractivity contribution in [3.63, 3.8) is 0 Å². The third kappa shape index (κ3) is 8.99. The van der Waals surface area contributed by atoms with Gasteiger partial charge in [-0.2, -0.15) is 4.90 Å². The molecule has 0 aliphatic carbocycles. The SMILES string of the molecule is CC(C)S(=O)(=O)c1ccc(-c2cnc(N(C(=O)OC(C)(C)C)C(=O)OC(C)(C)C)c(-c3cc(-c4ccc(CN=C(N)N)c(F)c4)no3)n2)cc1. The Labute approximate surface area is 289 Å². The second-order valence-electron chi connectivity index (χ2n) is 13.5. The number of ether oxygens (including phenoxy) is 2. The summed E-state index contributed by atoms with van der Waals surface area (Å²) in [5.74, 6) is -1.14. The van der Waals surface area contributed by atoms with Crippen LogP contribution in [0.2, 0.25) is 0 Å². The number of guanidine groups is 1. The molecule has 0 spiro atoms. The van der Waals surface area contributed by atoms with Crippen molar-refractivity contribution in [2.75, 3.05) is 4.90 Å². The van der Waals surface area contributed by atoms with E-state index in [9.17, 15) is 22.4 Å². The molecule has 2 aromatic heterocycles. The molecular formula is C34H40FN7O7S. The fraction of sp³-hybridized carbons (Fsp3) is 0.353. The predicted octanol–water partition coefficient (Wildman–Crippen LogP) is 6.24. The van der Waals surface area contributed by atoms with Crippen molar-refractivity contribution in [2.45, 2.75) is 83.3 Å². The van der Waals surface area contributed by atoms with E-state index in [1.54, 1.807) is 73.6 Å². The van der Waals surface area contributed by atoms with Crippen molar-refractivity contribution in [1.29, 1.82) is 0 Å². The molecule has 0 saturated heterocycles. The molecule has 0 radical (unpaired) electrons. The number of imide groups is 1. The van der Waals surface area contributed by atoms with Crippen LogP contribution < -0.4 is 16.4 Å². The Morgan fingerprint density at radius 3 is 2.02 bits per heavy atom. The van der Waals surface area contributed by atoms with Gasteiger partial charge in [0.2, 0.25) is 0 Å². The summed E-state index contributed by atoms with van der Waals surface area (Å²) in [6, 6.07) is 11.8. The van der Waals surface area contributed by atoms with Gasteiger partial charge in [-0.15, -0.1) is 0 Å². The van der Waals surface area contributed by atoms with E-state index in [2.05, 4.69) is 20.1 Å². The van der Waals surface area contributed by atoms with E-state index in [1.165, 1.54) is 36.5 Å². The second-order valence-corrected chi connectivity index (χ2v) is 16.0. The topological polar surface area (TPSA) is 206 Å². The zero-order valence-corrected chi connectivity index (χ0v) is 29.8. The number of nitrogens with two attached hydrogens (primary N) is 2. The van der Waals surface area contributed by atoms with Gasteiger partial charge in [0, 0.05) is 22.8 Å². The third-order valence-electron chi connectivity index (χ3n) is 6.74. The largest absolute Gasteiger partial charge is 0.443 e. The normalized spacial score (nSPS) is 12.0. The molecule has 2 heterocycles. The van der Waals surface area contributed by atoms with Gasteiger partial charge in [0.25, 0.3) is 0 Å². The Hall–Kier alpha value is -5.38. The van der Waals surface area contributed by atoms with Crippen LogP contribution in [0, 0.1) is 5.82 Å². The lowest BCUT2D eigenvalue weighted by Gasteiger charge is -2.28. The molecule has 14 nitrogen and oxygen atoms in total. The van der Waals surface area contributed by atoms with Crippen molar-refractivity contribution in [1.82, 2.24) is 15.1 Å². The summed E-state index contributed by atoms with van der Waals surface area (Å²) in [4.78, 5) is 40.8. The number of aromatic nitrogens is 3. The lowest BCUT2D eigenvalue weighted by molar-refractivity contribution is 0.0429. The molecule has 0 fully saturated rings. The molecule has 4 N–H and O–H groups in total. The summed E-state index contributed by atoms with van der Waals surface area (Å²) in [6.07, 6.45) is -0.901. The number of aliphatic imine (C=N–C) groups is 1. The van der Waals surface area contributed by atoms with E-state index < -0.39 is 44.3 Å². The minimum Gasteiger partial charge on any atom is -0.443 e. The number of benzene rings is 2. The van der Waals surface area contributed by atoms with Crippen LogP contribution in [0.3, 0.4) is 0 Å². The van der Waals surface area contributed by atoms with Gasteiger partial charge in [-0.05, 0) is 73.6 Å². The monoisotopic (exact) mass is 709 g/mol. The Morgan fingerprint density at radius 1 is 0.920 bits per heavy atom. The van der Waals surface area contributed by atoms with Crippen molar-refractivity contribution < 1.29 is 36.4 Å². The van der Waals surface area contributed by atoms with E-state index in [1.807, 2.05) is 0 Å². The summed E-state index contributed by atoms with van der Waals surface area (Å²) >= 11 is 0. The minimum absolute atomic E-state index is 0.0505. The molecule has 0 atom stereocenters. The minimum atomic E-state index is -3.54. The van der Waals surface area contributed by atoms with Gasteiger partial charge in [-0.25, -0.2) is 37.4 Å². The highest BCUT2D eigenvalue weighted by atomic mass is 32.2. The number of rotatable bonds is 8. The number of amides is 2. The Balaban J connectivity index is 1.88. The maximum Gasteiger partial charge on any atom is 0.425 e. The Bertz CT molecular complexity index is 2000. The fourth-order valence-corrected chi connectivity index (χ4v) is 5.39. The number of hydrogen-bond acceptors (Lipinski definition) is 11. The molecule has 2 aromatic carbocycles. The Morgan fingerprint density at radius 2 is 1.50 bits per heavy atom. The summed E-state index contributed by atoms with van der Waals surface area (Å²) in [5.41, 5.74) is 10.0. The van der Waals surface area contributed by atoms with Crippen LogP contribution in [0.5, 0.6) is 0 Å². The quantitative estimate of drug-likeness (QED) is 0.154. The van der Waals surface area contributed by atoms with Crippen LogP contribution >= 0.6 is 0 Å². The van der Waals surface area contributed by atoms with Gasteiger partial charge in [-0.3, -0.25) is 0 Å². The fourth-order valence-electron chi connectivity index (χ4n) is 4.34. The number of nitrogens with zero attached hydrogens (tertiary/aromatic N) is 5. The van der Waals surface area contributed by atoms with E-state index in [-0.39, 0.29) is 51.6 Å². The molecule has 4 rings (SSSR count). The van der Waals surface area contributed by atoms with Crippen molar-refractivity contribution in [2.24, 2.45) is 16.5 Å². The van der Waals surface area contributed by atoms with Crippen molar-refractivity contribution >= 4 is 33.8 Å². The van der Waals surface area contributed by atoms with Crippen LogP contribution in [0.1, 0.15) is 61.0 Å². The number of carbonyl (C=O) groups excluding carboxylic acids is 2. The lowest BCUT2D eigenvalue weighted by Crippen LogP contribution is -2.44. The summed E-state index contributed by atoms with van der Waals surface area (Å²) < 4.78 is 57.1. The number of anilines is 1. The van der Waals surface area contributed by atoms with Crippen LogP contribution in [0.4, 0.5) is 19.8 Å². The number of sulfone groups is 1. The molecule has 16 heteroatoms. The van der Waals surface area contributed by atoms with Gasteiger partial charge in [-0.1, -0.05) is 29.4 Å². The first-order chi connectivity index (χ1) is 23.2. The first kappa shape index (κ1) is 37.4. The van der Waals surface area contributed by atoms with Crippen LogP contribution in [0.25, 0.3) is 34.0 Å². The summed E-state index contributed by atoms with van der Waals surface area (Å²) in [7, 11) is -3.54. The molecule has 2 amide bonds. The highest BCUT2D eigenvalue weighted by molar-refractivity contribution is 7.92. The van der Waals surface area contributed by atoms with Crippen LogP contribution in [-0.2, 0) is 25.9 Å². The average molecular weight is 710 g/mol. The maximum atomic E-state index is 14.9. The van der Waals surface area contributed by atoms with Crippen LogP contribution in [0.15, 0.2) is 69.1 Å². The third-order valence-corrected chi connectivity index (χ3v) is 8.91. The zero-order chi connectivity index (χ0) is 37.2. The van der Waals surface area contributed by atoms with Gasteiger partial charge in [0.05, 0.1) is 28.6 Å². The molecule has 0 aliphatic heterocycles. The second kappa shape index (κ2) is 14.2. The molecular weight excluding hydrogens is 669 g/mol. The number of halogens is 1. The van der Waals surface area contributed by atoms with E-state index >= 15 is 0 Å². The number of hydrogen-bond donors (Lipinski definition) is 2. The van der Waals surface area contributed by atoms with Gasteiger partial charge < -0.3 is 25.5 Å². The Kier molecular flexibility index (Phi) is 10.7. The zero-order valence-electron chi connectivity index (χ0n) is 29.0. The highest BCUT2D eigenvalue weighted by Crippen LogP contribution is 2.35. The smallest absolute Gasteiger partial charge is 0.425 e. The van der Waals surface area contributed by atoms with E-state index in [0.717, 1.165) is 0 Å². The first-order valence-corrected chi connectivity index (χ1v) is 17.0.